The van der Waals surface area contributed by atoms with Crippen LogP contribution in [0, 0.1) is 0 Å². The summed E-state index contributed by atoms with van der Waals surface area (Å²) in [7, 11) is -0.372. The Morgan fingerprint density at radius 2 is 2.21 bits per heavy atom. The predicted octanol–water partition coefficient (Wildman–Crippen LogP) is 1.71. The third kappa shape index (κ3) is 6.92. The van der Waals surface area contributed by atoms with Crippen LogP contribution < -0.4 is 0 Å². The lowest BCUT2D eigenvalue weighted by molar-refractivity contribution is 0.0159. The molecule has 3 unspecified atom stereocenters. The van der Waals surface area contributed by atoms with E-state index in [-0.39, 0.29) is 0 Å². The molecule has 0 bridgehead atoms. The molecule has 6 heteroatoms. The summed E-state index contributed by atoms with van der Waals surface area (Å²) in [5.41, 5.74) is 0. The topological polar surface area (TPSA) is 62.2 Å². The van der Waals surface area contributed by atoms with Gasteiger partial charge in [-0.15, -0.1) is 0 Å². The van der Waals surface area contributed by atoms with E-state index in [4.69, 9.17) is 8.92 Å². The molecule has 0 aromatic carbocycles. The number of aliphatic hydroxyl groups excluding tert-OH is 1. The van der Waals surface area contributed by atoms with Gasteiger partial charge in [0.15, 0.2) is 0 Å². The van der Waals surface area contributed by atoms with Crippen molar-refractivity contribution in [1.82, 2.24) is 4.90 Å². The number of nitrogens with zero attached hydrogens (tertiary/aromatic N) is 1. The summed E-state index contributed by atoms with van der Waals surface area (Å²) in [6.07, 6.45) is 4.50. The van der Waals surface area contributed by atoms with Crippen molar-refractivity contribution in [1.29, 1.82) is 0 Å². The zero-order chi connectivity index (χ0) is 14.3. The number of β-amino-alcohol motifs (C(OH)–C–C–N with tert-alkyl or cyclic N) is 1. The van der Waals surface area contributed by atoms with Crippen LogP contribution in [0.4, 0.5) is 0 Å². The molecule has 0 spiro atoms. The Labute approximate surface area is 118 Å². The monoisotopic (exact) mass is 295 g/mol. The van der Waals surface area contributed by atoms with E-state index in [0.29, 0.717) is 31.6 Å². The highest BCUT2D eigenvalue weighted by molar-refractivity contribution is 8.24. The molecule has 0 aliphatic carbocycles. The molecule has 2 N–H and O–H groups in total. The minimum absolute atomic E-state index is 0.369. The van der Waals surface area contributed by atoms with Crippen molar-refractivity contribution < 1.29 is 18.6 Å². The third-order valence-corrected chi connectivity index (χ3v) is 5.38. The van der Waals surface area contributed by atoms with Crippen LogP contribution in [0.5, 0.6) is 0 Å². The summed E-state index contributed by atoms with van der Waals surface area (Å²) >= 11 is 0. The molecular formula is C13H29NO4S. The Kier molecular flexibility index (Phi) is 7.64. The van der Waals surface area contributed by atoms with Gasteiger partial charge in [-0.05, 0) is 32.7 Å². The van der Waals surface area contributed by atoms with Crippen LogP contribution in [0.15, 0.2) is 0 Å². The largest absolute Gasteiger partial charge is 0.389 e. The SMILES string of the molecule is COS(C)(O)CCCOCC(O)CN1CCCC1C. The van der Waals surface area contributed by atoms with Crippen molar-refractivity contribution >= 4 is 10.6 Å². The quantitative estimate of drug-likeness (QED) is 0.634. The van der Waals surface area contributed by atoms with Crippen molar-refractivity contribution in [3.05, 3.63) is 0 Å². The molecule has 0 amide bonds. The molecule has 1 saturated heterocycles. The second-order valence-corrected chi connectivity index (χ2v) is 8.06. The summed E-state index contributed by atoms with van der Waals surface area (Å²) < 4.78 is 20.1. The van der Waals surface area contributed by atoms with Crippen LogP contribution in [-0.4, -0.2) is 72.1 Å². The first kappa shape index (κ1) is 17.2. The van der Waals surface area contributed by atoms with E-state index in [0.717, 1.165) is 13.0 Å². The molecular weight excluding hydrogens is 266 g/mol. The molecule has 0 aromatic rings. The summed E-state index contributed by atoms with van der Waals surface area (Å²) in [6, 6.07) is 0.579. The van der Waals surface area contributed by atoms with E-state index in [2.05, 4.69) is 11.8 Å². The van der Waals surface area contributed by atoms with Crippen LogP contribution in [0.1, 0.15) is 26.2 Å². The second kappa shape index (κ2) is 8.44. The molecule has 1 fully saturated rings. The van der Waals surface area contributed by atoms with E-state index in [1.807, 2.05) is 0 Å². The van der Waals surface area contributed by atoms with Crippen LogP contribution in [0.25, 0.3) is 0 Å². The molecule has 1 heterocycles. The molecule has 116 valence electrons. The molecule has 1 aliphatic rings. The first-order chi connectivity index (χ1) is 8.94. The van der Waals surface area contributed by atoms with Gasteiger partial charge in [0.05, 0.1) is 19.8 Å². The van der Waals surface area contributed by atoms with E-state index in [1.165, 1.54) is 20.0 Å². The van der Waals surface area contributed by atoms with Gasteiger partial charge in [-0.3, -0.25) is 13.6 Å². The molecule has 1 aliphatic heterocycles. The van der Waals surface area contributed by atoms with Crippen LogP contribution in [-0.2, 0) is 8.92 Å². The number of aliphatic hydroxyl groups is 1. The molecule has 0 aromatic heterocycles. The Morgan fingerprint density at radius 3 is 2.79 bits per heavy atom. The van der Waals surface area contributed by atoms with Crippen LogP contribution in [0.3, 0.4) is 0 Å². The second-order valence-electron chi connectivity index (χ2n) is 5.40. The van der Waals surface area contributed by atoms with Gasteiger partial charge in [0.2, 0.25) is 0 Å². The van der Waals surface area contributed by atoms with E-state index >= 15 is 0 Å². The predicted molar refractivity (Wildman–Crippen MR) is 79.7 cm³/mol. The fourth-order valence-electron chi connectivity index (χ4n) is 2.32. The lowest BCUT2D eigenvalue weighted by atomic mass is 10.2. The summed E-state index contributed by atoms with van der Waals surface area (Å²) in [5, 5.41) is 9.90. The van der Waals surface area contributed by atoms with Gasteiger partial charge >= 0.3 is 0 Å². The average Bonchev–Trinajstić information content (AvgIpc) is 2.74. The molecule has 3 atom stereocenters. The number of ether oxygens (including phenoxy) is 1. The fraction of sp³-hybridized carbons (Fsp3) is 1.00. The Morgan fingerprint density at radius 1 is 1.47 bits per heavy atom. The minimum Gasteiger partial charge on any atom is -0.389 e. The molecule has 19 heavy (non-hydrogen) atoms. The first-order valence-electron chi connectivity index (χ1n) is 6.98. The van der Waals surface area contributed by atoms with Gasteiger partial charge in [-0.1, -0.05) is 0 Å². The molecule has 0 radical (unpaired) electrons. The average molecular weight is 295 g/mol. The van der Waals surface area contributed by atoms with E-state index in [9.17, 15) is 9.66 Å². The van der Waals surface area contributed by atoms with Crippen molar-refractivity contribution in [2.75, 3.05) is 45.4 Å². The zero-order valence-electron chi connectivity index (χ0n) is 12.4. The molecule has 5 nitrogen and oxygen atoms in total. The van der Waals surface area contributed by atoms with E-state index < -0.39 is 16.7 Å². The lowest BCUT2D eigenvalue weighted by Crippen LogP contribution is -2.36. The maximum atomic E-state index is 9.90. The number of hydrogen-bond acceptors (Lipinski definition) is 5. The summed E-state index contributed by atoms with van der Waals surface area (Å²) in [6.45, 7) is 4.91. The van der Waals surface area contributed by atoms with Crippen LogP contribution >= 0.6 is 10.6 Å². The maximum Gasteiger partial charge on any atom is 0.0900 e. The van der Waals surface area contributed by atoms with Crippen molar-refractivity contribution in [2.45, 2.75) is 38.3 Å². The number of likely N-dealkylation sites (tertiary alicyclic amines) is 1. The van der Waals surface area contributed by atoms with Crippen molar-refractivity contribution in [2.24, 2.45) is 0 Å². The summed E-state index contributed by atoms with van der Waals surface area (Å²) in [4.78, 5) is 2.31. The number of hydrogen-bond donors (Lipinski definition) is 2. The summed E-state index contributed by atoms with van der Waals surface area (Å²) in [5.74, 6) is 0.614. The van der Waals surface area contributed by atoms with E-state index in [1.54, 1.807) is 6.26 Å². The fourth-order valence-corrected chi connectivity index (χ4v) is 3.14. The highest BCUT2D eigenvalue weighted by Crippen LogP contribution is 2.39. The van der Waals surface area contributed by atoms with Gasteiger partial charge in [0.1, 0.15) is 0 Å². The zero-order valence-corrected chi connectivity index (χ0v) is 13.2. The Balaban J connectivity index is 2.03. The molecule has 0 saturated carbocycles. The van der Waals surface area contributed by atoms with Gasteiger partial charge in [-0.25, -0.2) is 0 Å². The van der Waals surface area contributed by atoms with Gasteiger partial charge < -0.3 is 9.84 Å². The van der Waals surface area contributed by atoms with Gasteiger partial charge in [0.25, 0.3) is 0 Å². The highest BCUT2D eigenvalue weighted by Gasteiger charge is 2.22. The first-order valence-corrected chi connectivity index (χ1v) is 9.08. The minimum atomic E-state index is -1.90. The van der Waals surface area contributed by atoms with Crippen molar-refractivity contribution in [3.63, 3.8) is 0 Å². The standard InChI is InChI=1S/C13H29NO4S/c1-12-6-4-7-14(12)10-13(15)11-18-8-5-9-19(3,16)17-2/h12-13,15-16H,4-11H2,1-3H3. The Hall–Kier alpha value is 0.150. The maximum absolute atomic E-state index is 9.90. The normalized spacial score (nSPS) is 27.1. The third-order valence-electron chi connectivity index (χ3n) is 3.62. The van der Waals surface area contributed by atoms with Crippen LogP contribution in [0.2, 0.25) is 0 Å². The van der Waals surface area contributed by atoms with Crippen molar-refractivity contribution in [3.8, 4) is 0 Å². The molecule has 1 rings (SSSR count). The smallest absolute Gasteiger partial charge is 0.0900 e. The van der Waals surface area contributed by atoms with Gasteiger partial charge in [-0.2, -0.15) is 10.6 Å². The lowest BCUT2D eigenvalue weighted by Gasteiger charge is -2.31. The van der Waals surface area contributed by atoms with Gasteiger partial charge in [0, 0.05) is 31.2 Å². The number of rotatable bonds is 9. The highest BCUT2D eigenvalue weighted by atomic mass is 32.3. The Bertz CT molecular complexity index is 253.